The summed E-state index contributed by atoms with van der Waals surface area (Å²) in [6.45, 7) is 9.51. The Labute approximate surface area is 262 Å². The van der Waals surface area contributed by atoms with Crippen molar-refractivity contribution < 1.29 is 29.4 Å². The number of carboxylic acid groups (broad SMARTS) is 2. The van der Waals surface area contributed by atoms with E-state index >= 15 is 0 Å². The van der Waals surface area contributed by atoms with Crippen molar-refractivity contribution in [2.24, 2.45) is 4.99 Å². The number of carboxylic acids is 2. The number of amides is 2. The minimum absolute atomic E-state index is 0.0459. The highest BCUT2D eigenvalue weighted by atomic mass is 32.1. The van der Waals surface area contributed by atoms with Crippen LogP contribution >= 0.6 is 12.6 Å². The number of nitrogens with one attached hydrogen (secondary N) is 3. The van der Waals surface area contributed by atoms with Gasteiger partial charge in [0.05, 0.1) is 5.71 Å². The normalized spacial score (nSPS) is 16.0. The van der Waals surface area contributed by atoms with Crippen LogP contribution in [0.2, 0.25) is 0 Å². The summed E-state index contributed by atoms with van der Waals surface area (Å²) >= 11 is 4.35. The zero-order valence-corrected chi connectivity index (χ0v) is 26.8. The molecule has 0 aromatic carbocycles. The van der Waals surface area contributed by atoms with Crippen molar-refractivity contribution in [3.63, 3.8) is 0 Å². The zero-order valence-electron chi connectivity index (χ0n) is 25.9. The van der Waals surface area contributed by atoms with E-state index in [0.29, 0.717) is 66.8 Å². The predicted octanol–water partition coefficient (Wildman–Crippen LogP) is 4.94. The Balaban J connectivity index is 1.76. The first-order valence-corrected chi connectivity index (χ1v) is 15.5. The van der Waals surface area contributed by atoms with Gasteiger partial charge in [-0.2, -0.15) is 12.6 Å². The second-order valence-corrected chi connectivity index (χ2v) is 11.8. The number of aromatic nitrogens is 2. The van der Waals surface area contributed by atoms with E-state index in [1.165, 1.54) is 0 Å². The van der Waals surface area contributed by atoms with Gasteiger partial charge in [-0.05, 0) is 98.6 Å². The molecule has 11 heteroatoms. The first-order chi connectivity index (χ1) is 20.9. The molecule has 44 heavy (non-hydrogen) atoms. The van der Waals surface area contributed by atoms with Crippen molar-refractivity contribution in [2.45, 2.75) is 86.0 Å². The maximum Gasteiger partial charge on any atom is 0.303 e. The van der Waals surface area contributed by atoms with E-state index in [0.717, 1.165) is 56.2 Å². The summed E-state index contributed by atoms with van der Waals surface area (Å²) in [6, 6.07) is 0. The van der Waals surface area contributed by atoms with Crippen molar-refractivity contribution in [2.75, 3.05) is 5.75 Å². The Morgan fingerprint density at radius 1 is 0.818 bits per heavy atom. The lowest BCUT2D eigenvalue weighted by molar-refractivity contribution is -0.138. The number of aliphatic carboxylic acids is 2. The Hall–Kier alpha value is -4.12. The van der Waals surface area contributed by atoms with Gasteiger partial charge in [0.1, 0.15) is 0 Å². The van der Waals surface area contributed by atoms with E-state index in [4.69, 9.17) is 0 Å². The smallest absolute Gasteiger partial charge is 0.303 e. The fourth-order valence-corrected chi connectivity index (χ4v) is 6.34. The number of allylic oxidation sites excluding steroid dienone is 2. The molecule has 0 radical (unpaired) electrons. The van der Waals surface area contributed by atoms with Gasteiger partial charge in [-0.1, -0.05) is 6.92 Å². The molecule has 2 aromatic heterocycles. The number of H-pyrrole nitrogens is 2. The Kier molecular flexibility index (Phi) is 10.2. The van der Waals surface area contributed by atoms with Gasteiger partial charge in [0.2, 0.25) is 0 Å². The molecule has 0 saturated heterocycles. The summed E-state index contributed by atoms with van der Waals surface area (Å²) < 4.78 is 0. The molecule has 4 heterocycles. The van der Waals surface area contributed by atoms with Gasteiger partial charge < -0.3 is 25.5 Å². The van der Waals surface area contributed by atoms with Gasteiger partial charge in [0.25, 0.3) is 11.8 Å². The second kappa shape index (κ2) is 13.7. The van der Waals surface area contributed by atoms with E-state index in [-0.39, 0.29) is 24.7 Å². The lowest BCUT2D eigenvalue weighted by Crippen LogP contribution is -2.15. The number of hydrogen-bond donors (Lipinski definition) is 6. The molecule has 0 atom stereocenters. The lowest BCUT2D eigenvalue weighted by Gasteiger charge is -2.07. The van der Waals surface area contributed by atoms with Crippen LogP contribution in [0, 0.1) is 13.8 Å². The van der Waals surface area contributed by atoms with Crippen LogP contribution in [0.1, 0.15) is 91.5 Å². The summed E-state index contributed by atoms with van der Waals surface area (Å²) in [5.74, 6) is -1.58. The fraction of sp³-hybridized carbons (Fsp3) is 0.424. The van der Waals surface area contributed by atoms with Crippen LogP contribution in [0.25, 0.3) is 6.08 Å². The predicted molar refractivity (Wildman–Crippen MR) is 172 cm³/mol. The van der Waals surface area contributed by atoms with Gasteiger partial charge in [-0.15, -0.1) is 0 Å². The fourth-order valence-electron chi connectivity index (χ4n) is 6.12. The van der Waals surface area contributed by atoms with Crippen LogP contribution in [0.5, 0.6) is 0 Å². The summed E-state index contributed by atoms with van der Waals surface area (Å²) in [6.07, 6.45) is 4.45. The second-order valence-electron chi connectivity index (χ2n) is 11.4. The number of hydrogen-bond acceptors (Lipinski definition) is 5. The van der Waals surface area contributed by atoms with Gasteiger partial charge in [0.15, 0.2) is 0 Å². The number of nitrogens with zero attached hydrogens (tertiary/aromatic N) is 1. The first-order valence-electron chi connectivity index (χ1n) is 14.8. The van der Waals surface area contributed by atoms with Crippen LogP contribution in [-0.4, -0.2) is 55.4 Å². The van der Waals surface area contributed by atoms with Gasteiger partial charge >= 0.3 is 11.9 Å². The standard InChI is InChI=1S/C33H40N4O6S/c1-6-20-16(2)26(36-33(20)43)13-24-17(3)21(7-9-30(38)39)27(34-24)15-28-22(8-10-31(40)41)18(4)25(35-28)14-29-23(11-12-44)19(5)32(42)37-29/h14,34-35,44H,6-13,15H2,1-5H3,(H,37,42)(H,38,39)(H,40,41)/b29-14-. The van der Waals surface area contributed by atoms with E-state index in [2.05, 4.69) is 32.9 Å². The molecule has 0 saturated carbocycles. The average Bonchev–Trinajstić information content (AvgIpc) is 3.60. The number of rotatable bonds is 14. The minimum Gasteiger partial charge on any atom is -0.481 e. The first kappa shape index (κ1) is 32.8. The maximum absolute atomic E-state index is 12.4. The highest BCUT2D eigenvalue weighted by molar-refractivity contribution is 7.80. The van der Waals surface area contributed by atoms with Crippen LogP contribution in [0.15, 0.2) is 33.0 Å². The molecule has 0 spiro atoms. The highest BCUT2D eigenvalue weighted by Crippen LogP contribution is 2.31. The third kappa shape index (κ3) is 6.83. The molecule has 234 valence electrons. The molecule has 2 aliphatic heterocycles. The van der Waals surface area contributed by atoms with E-state index < -0.39 is 11.9 Å². The van der Waals surface area contributed by atoms with E-state index in [9.17, 15) is 29.4 Å². The summed E-state index contributed by atoms with van der Waals surface area (Å²) in [5.41, 5.74) is 11.4. The molecule has 0 unspecified atom stereocenters. The summed E-state index contributed by atoms with van der Waals surface area (Å²) in [4.78, 5) is 59.2. The molecule has 2 aliphatic rings. The Morgan fingerprint density at radius 2 is 1.43 bits per heavy atom. The molecule has 5 N–H and O–H groups in total. The van der Waals surface area contributed by atoms with Crippen molar-refractivity contribution in [1.82, 2.24) is 15.3 Å². The quantitative estimate of drug-likeness (QED) is 0.164. The molecular weight excluding hydrogens is 580 g/mol. The molecule has 4 rings (SSSR count). The third-order valence-corrected chi connectivity index (χ3v) is 8.93. The Morgan fingerprint density at radius 3 is 2.00 bits per heavy atom. The monoisotopic (exact) mass is 620 g/mol. The third-order valence-electron chi connectivity index (χ3n) is 8.70. The van der Waals surface area contributed by atoms with Crippen molar-refractivity contribution in [3.8, 4) is 0 Å². The Bertz CT molecular complexity index is 1670. The highest BCUT2D eigenvalue weighted by Gasteiger charge is 2.27. The minimum atomic E-state index is -0.906. The SMILES string of the molecule is CCC1=C(C)C(Cc2[nH]c(Cc3[nH]c(/C=C4\NC(=O)C(C)=C4CCS)c(C)c3CCC(=O)O)c(CCC(=O)O)c2C)=NC1=O. The summed E-state index contributed by atoms with van der Waals surface area (Å²) in [5, 5.41) is 21.9. The van der Waals surface area contributed by atoms with E-state index in [1.54, 1.807) is 6.92 Å². The molecule has 10 nitrogen and oxygen atoms in total. The van der Waals surface area contributed by atoms with Gasteiger partial charge in [0, 0.05) is 65.3 Å². The molecule has 0 bridgehead atoms. The largest absolute Gasteiger partial charge is 0.481 e. The van der Waals surface area contributed by atoms with Crippen LogP contribution in [0.4, 0.5) is 0 Å². The lowest BCUT2D eigenvalue weighted by atomic mass is 9.97. The van der Waals surface area contributed by atoms with Crippen LogP contribution < -0.4 is 5.32 Å². The van der Waals surface area contributed by atoms with Crippen molar-refractivity contribution >= 4 is 48.2 Å². The number of thiol groups is 1. The molecule has 0 fully saturated rings. The van der Waals surface area contributed by atoms with E-state index in [1.807, 2.05) is 33.8 Å². The van der Waals surface area contributed by atoms with Crippen molar-refractivity contribution in [3.05, 3.63) is 73.0 Å². The van der Waals surface area contributed by atoms with Crippen LogP contribution in [0.3, 0.4) is 0 Å². The topological polar surface area (TPSA) is 165 Å². The number of carbonyl (C=O) groups is 4. The number of aliphatic imine (C=N–C) groups is 1. The zero-order chi connectivity index (χ0) is 32.3. The molecule has 0 aliphatic carbocycles. The van der Waals surface area contributed by atoms with Crippen molar-refractivity contribution in [1.29, 1.82) is 0 Å². The number of aromatic amines is 2. The van der Waals surface area contributed by atoms with Gasteiger partial charge in [-0.25, -0.2) is 4.99 Å². The van der Waals surface area contributed by atoms with Crippen LogP contribution in [-0.2, 0) is 44.9 Å². The molecule has 2 aromatic rings. The number of carbonyl (C=O) groups excluding carboxylic acids is 2. The molecular formula is C33H40N4O6S. The molecule has 2 amide bonds. The van der Waals surface area contributed by atoms with Gasteiger partial charge in [-0.3, -0.25) is 19.2 Å². The summed E-state index contributed by atoms with van der Waals surface area (Å²) in [7, 11) is 0. The average molecular weight is 621 g/mol. The maximum atomic E-state index is 12.4.